The van der Waals surface area contributed by atoms with Gasteiger partial charge in [-0.15, -0.1) is 8.78 Å². The molecule has 1 aromatic rings. The van der Waals surface area contributed by atoms with Crippen molar-refractivity contribution in [3.63, 3.8) is 0 Å². The van der Waals surface area contributed by atoms with Crippen LogP contribution in [0.2, 0.25) is 0 Å². The van der Waals surface area contributed by atoms with Crippen LogP contribution in [-0.4, -0.2) is 24.6 Å². The Balaban J connectivity index is 1.96. The first-order valence-corrected chi connectivity index (χ1v) is 6.56. The Morgan fingerprint density at radius 3 is 1.95 bits per heavy atom. The fraction of sp³-hybridized carbons (Fsp3) is 0.538. The van der Waals surface area contributed by atoms with E-state index in [0.29, 0.717) is 5.46 Å². The quantitative estimate of drug-likeness (QED) is 0.634. The molecule has 0 saturated carbocycles. The maximum Gasteiger partial charge on any atom is 0.586 e. The molecule has 5 nitrogen and oxygen atoms in total. The van der Waals surface area contributed by atoms with Crippen molar-refractivity contribution in [1.29, 1.82) is 0 Å². The Labute approximate surface area is 121 Å². The summed E-state index contributed by atoms with van der Waals surface area (Å²) in [5.74, 6) is -0.184. The van der Waals surface area contributed by atoms with Crippen LogP contribution in [-0.2, 0) is 9.31 Å². The lowest BCUT2D eigenvalue weighted by Crippen LogP contribution is -2.41. The summed E-state index contributed by atoms with van der Waals surface area (Å²) in [6, 6.07) is 2.66. The van der Waals surface area contributed by atoms with Crippen molar-refractivity contribution in [3.8, 4) is 11.5 Å². The van der Waals surface area contributed by atoms with E-state index in [4.69, 9.17) is 15.0 Å². The molecule has 2 aliphatic rings. The van der Waals surface area contributed by atoms with Crippen LogP contribution in [0.1, 0.15) is 27.7 Å². The summed E-state index contributed by atoms with van der Waals surface area (Å²) in [7, 11) is -0.752. The molecule has 0 aromatic heterocycles. The molecule has 2 heterocycles. The van der Waals surface area contributed by atoms with Crippen LogP contribution in [0, 0.1) is 0 Å². The van der Waals surface area contributed by atoms with E-state index < -0.39 is 24.6 Å². The second-order valence-electron chi connectivity index (χ2n) is 6.18. The van der Waals surface area contributed by atoms with Gasteiger partial charge in [-0.1, -0.05) is 0 Å². The SMILES string of the molecule is CC1(C)OB(c2cc3c(cc2N)OC(F)(F)O3)OC1(C)C. The summed E-state index contributed by atoms with van der Waals surface area (Å²) in [6.45, 7) is 7.57. The molecule has 2 aliphatic heterocycles. The predicted octanol–water partition coefficient (Wildman–Crippen LogP) is 1.89. The van der Waals surface area contributed by atoms with E-state index in [-0.39, 0.29) is 17.2 Å². The molecule has 0 spiro atoms. The molecule has 8 heteroatoms. The van der Waals surface area contributed by atoms with Crippen LogP contribution in [0.4, 0.5) is 14.5 Å². The molecule has 1 saturated heterocycles. The molecule has 21 heavy (non-hydrogen) atoms. The Morgan fingerprint density at radius 1 is 0.952 bits per heavy atom. The van der Waals surface area contributed by atoms with Crippen molar-refractivity contribution in [2.75, 3.05) is 5.73 Å². The summed E-state index contributed by atoms with van der Waals surface area (Å²) in [5, 5.41) is 0. The van der Waals surface area contributed by atoms with E-state index in [1.807, 2.05) is 27.7 Å². The first-order chi connectivity index (χ1) is 9.51. The third kappa shape index (κ3) is 2.22. The van der Waals surface area contributed by atoms with E-state index in [1.165, 1.54) is 12.1 Å². The fourth-order valence-corrected chi connectivity index (χ4v) is 2.20. The van der Waals surface area contributed by atoms with Crippen molar-refractivity contribution < 1.29 is 27.6 Å². The number of nitrogens with two attached hydrogens (primary N) is 1. The maximum absolute atomic E-state index is 13.1. The van der Waals surface area contributed by atoms with Crippen LogP contribution < -0.4 is 20.7 Å². The van der Waals surface area contributed by atoms with Crippen molar-refractivity contribution in [3.05, 3.63) is 12.1 Å². The molecule has 0 amide bonds. The van der Waals surface area contributed by atoms with E-state index >= 15 is 0 Å². The molecule has 0 bridgehead atoms. The van der Waals surface area contributed by atoms with Crippen LogP contribution >= 0.6 is 0 Å². The minimum Gasteiger partial charge on any atom is -0.399 e. The molecule has 114 valence electrons. The van der Waals surface area contributed by atoms with Gasteiger partial charge in [0.1, 0.15) is 0 Å². The highest BCUT2D eigenvalue weighted by molar-refractivity contribution is 6.64. The summed E-state index contributed by atoms with van der Waals surface area (Å²) < 4.78 is 46.7. The van der Waals surface area contributed by atoms with Crippen molar-refractivity contribution >= 4 is 18.3 Å². The van der Waals surface area contributed by atoms with Gasteiger partial charge in [-0.05, 0) is 33.8 Å². The Morgan fingerprint density at radius 2 is 1.43 bits per heavy atom. The lowest BCUT2D eigenvalue weighted by molar-refractivity contribution is -0.286. The number of rotatable bonds is 1. The molecule has 0 unspecified atom stereocenters. The number of fused-ring (bicyclic) bond motifs is 1. The van der Waals surface area contributed by atoms with Gasteiger partial charge in [0.15, 0.2) is 11.5 Å². The zero-order valence-corrected chi connectivity index (χ0v) is 12.2. The summed E-state index contributed by atoms with van der Waals surface area (Å²) >= 11 is 0. The first kappa shape index (κ1) is 14.4. The van der Waals surface area contributed by atoms with Gasteiger partial charge in [-0.25, -0.2) is 0 Å². The van der Waals surface area contributed by atoms with Gasteiger partial charge in [0.05, 0.1) is 11.2 Å². The highest BCUT2D eigenvalue weighted by Gasteiger charge is 2.53. The van der Waals surface area contributed by atoms with Crippen molar-refractivity contribution in [2.45, 2.75) is 45.2 Å². The number of halogens is 2. The van der Waals surface area contributed by atoms with E-state index in [9.17, 15) is 8.78 Å². The molecule has 1 aromatic carbocycles. The number of hydrogen-bond acceptors (Lipinski definition) is 5. The van der Waals surface area contributed by atoms with Gasteiger partial charge in [-0.3, -0.25) is 0 Å². The Bertz CT molecular complexity index is 590. The average Bonchev–Trinajstić information content (AvgIpc) is 2.69. The molecule has 0 aliphatic carbocycles. The molecular weight excluding hydrogens is 283 g/mol. The second kappa shape index (κ2) is 4.01. The van der Waals surface area contributed by atoms with E-state index in [1.54, 1.807) is 0 Å². The predicted molar refractivity (Wildman–Crippen MR) is 72.8 cm³/mol. The van der Waals surface area contributed by atoms with Gasteiger partial charge >= 0.3 is 13.4 Å². The van der Waals surface area contributed by atoms with Gasteiger partial charge in [-0.2, -0.15) is 0 Å². The standard InChI is InChI=1S/C13H16BF2NO4/c1-11(2)12(3,4)21-14(20-11)7-5-9-10(6-8(7)17)19-13(15,16)18-9/h5-6H,17H2,1-4H3. The number of benzene rings is 1. The third-order valence-corrected chi connectivity index (χ3v) is 4.11. The van der Waals surface area contributed by atoms with Crippen LogP contribution in [0.15, 0.2) is 12.1 Å². The fourth-order valence-electron chi connectivity index (χ4n) is 2.20. The van der Waals surface area contributed by atoms with Crippen molar-refractivity contribution in [2.24, 2.45) is 0 Å². The molecule has 0 atom stereocenters. The van der Waals surface area contributed by atoms with E-state index in [2.05, 4.69) is 9.47 Å². The number of ether oxygens (including phenoxy) is 2. The topological polar surface area (TPSA) is 62.9 Å². The Kier molecular flexibility index (Phi) is 2.75. The lowest BCUT2D eigenvalue weighted by Gasteiger charge is -2.32. The largest absolute Gasteiger partial charge is 0.586 e. The van der Waals surface area contributed by atoms with Gasteiger partial charge in [0.25, 0.3) is 0 Å². The van der Waals surface area contributed by atoms with Gasteiger partial charge in [0, 0.05) is 17.2 Å². The molecule has 3 rings (SSSR count). The normalized spacial score (nSPS) is 24.4. The molecule has 1 fully saturated rings. The first-order valence-electron chi connectivity index (χ1n) is 6.56. The smallest absolute Gasteiger partial charge is 0.399 e. The maximum atomic E-state index is 13.1. The molecule has 2 N–H and O–H groups in total. The zero-order valence-electron chi connectivity index (χ0n) is 12.2. The lowest BCUT2D eigenvalue weighted by atomic mass is 9.77. The third-order valence-electron chi connectivity index (χ3n) is 4.11. The highest BCUT2D eigenvalue weighted by Crippen LogP contribution is 2.43. The Hall–Kier alpha value is -1.54. The van der Waals surface area contributed by atoms with Crippen molar-refractivity contribution in [1.82, 2.24) is 0 Å². The molecular formula is C13H16BF2NO4. The average molecular weight is 299 g/mol. The summed E-state index contributed by atoms with van der Waals surface area (Å²) in [4.78, 5) is 0. The van der Waals surface area contributed by atoms with Gasteiger partial charge in [0.2, 0.25) is 0 Å². The minimum absolute atomic E-state index is 0.0843. The molecule has 0 radical (unpaired) electrons. The zero-order chi connectivity index (χ0) is 15.6. The van der Waals surface area contributed by atoms with E-state index in [0.717, 1.165) is 0 Å². The number of hydrogen-bond donors (Lipinski definition) is 1. The second-order valence-corrected chi connectivity index (χ2v) is 6.18. The minimum atomic E-state index is -3.68. The number of alkyl halides is 2. The summed E-state index contributed by atoms with van der Waals surface area (Å²) in [6.07, 6.45) is -3.68. The van der Waals surface area contributed by atoms with Gasteiger partial charge < -0.3 is 24.5 Å². The number of nitrogen functional groups attached to an aromatic ring is 1. The monoisotopic (exact) mass is 299 g/mol. The highest BCUT2D eigenvalue weighted by atomic mass is 19.3. The summed E-state index contributed by atoms with van der Waals surface area (Å²) in [5.41, 5.74) is 5.48. The van der Waals surface area contributed by atoms with Crippen LogP contribution in [0.25, 0.3) is 0 Å². The van der Waals surface area contributed by atoms with Crippen LogP contribution in [0.3, 0.4) is 0 Å². The number of anilines is 1. The van der Waals surface area contributed by atoms with Crippen LogP contribution in [0.5, 0.6) is 11.5 Å².